The molecule has 4 nitrogen and oxygen atoms in total. The number of rotatable bonds is 2. The van der Waals surface area contributed by atoms with Crippen LogP contribution in [0, 0.1) is 12.8 Å². The van der Waals surface area contributed by atoms with Crippen molar-refractivity contribution in [1.82, 2.24) is 4.98 Å². The zero-order chi connectivity index (χ0) is 13.0. The molecule has 0 spiro atoms. The number of nitrogens with two attached hydrogens (primary N) is 1. The third-order valence-corrected chi connectivity index (χ3v) is 3.67. The first-order valence-electron chi connectivity index (χ1n) is 6.66. The molecule has 0 aliphatic heterocycles. The lowest BCUT2D eigenvalue weighted by atomic mass is 9.94. The van der Waals surface area contributed by atoms with E-state index in [0.717, 1.165) is 37.1 Å². The summed E-state index contributed by atoms with van der Waals surface area (Å²) in [5.41, 5.74) is 7.73. The van der Waals surface area contributed by atoms with E-state index in [0.29, 0.717) is 0 Å². The van der Waals surface area contributed by atoms with Crippen LogP contribution in [0.2, 0.25) is 0 Å². The van der Waals surface area contributed by atoms with Gasteiger partial charge in [-0.3, -0.25) is 9.78 Å². The molecule has 4 heteroatoms. The van der Waals surface area contributed by atoms with E-state index in [-0.39, 0.29) is 17.9 Å². The Kier molecular flexibility index (Phi) is 4.31. The van der Waals surface area contributed by atoms with E-state index in [4.69, 9.17) is 5.73 Å². The summed E-state index contributed by atoms with van der Waals surface area (Å²) >= 11 is 0. The van der Waals surface area contributed by atoms with E-state index in [1.807, 2.05) is 19.1 Å². The number of nitrogens with zero attached hydrogens (tertiary/aromatic N) is 1. The Morgan fingerprint density at radius 3 is 2.94 bits per heavy atom. The summed E-state index contributed by atoms with van der Waals surface area (Å²) in [5, 5.41) is 2.96. The van der Waals surface area contributed by atoms with E-state index < -0.39 is 0 Å². The molecule has 1 aliphatic carbocycles. The number of carbonyl (C=O) groups is 1. The van der Waals surface area contributed by atoms with Gasteiger partial charge in [0.1, 0.15) is 0 Å². The lowest BCUT2D eigenvalue weighted by molar-refractivity contribution is -0.120. The average molecular weight is 247 g/mol. The van der Waals surface area contributed by atoms with Gasteiger partial charge in [-0.05, 0) is 31.9 Å². The summed E-state index contributed by atoms with van der Waals surface area (Å²) in [7, 11) is 0. The van der Waals surface area contributed by atoms with Crippen LogP contribution in [-0.2, 0) is 4.79 Å². The molecule has 1 aliphatic rings. The van der Waals surface area contributed by atoms with Crippen molar-refractivity contribution in [2.45, 2.75) is 45.1 Å². The van der Waals surface area contributed by atoms with Crippen LogP contribution in [0.5, 0.6) is 0 Å². The SMILES string of the molecule is Cc1ncccc1NC(=O)C1CCCCCC1N. The summed E-state index contributed by atoms with van der Waals surface area (Å²) < 4.78 is 0. The monoisotopic (exact) mass is 247 g/mol. The van der Waals surface area contributed by atoms with Crippen molar-refractivity contribution >= 4 is 11.6 Å². The summed E-state index contributed by atoms with van der Waals surface area (Å²) in [5.74, 6) is -0.0207. The van der Waals surface area contributed by atoms with Crippen molar-refractivity contribution < 1.29 is 4.79 Å². The molecule has 98 valence electrons. The fourth-order valence-corrected chi connectivity index (χ4v) is 2.50. The lowest BCUT2D eigenvalue weighted by Crippen LogP contribution is -2.37. The first kappa shape index (κ1) is 13.0. The highest BCUT2D eigenvalue weighted by Crippen LogP contribution is 2.24. The zero-order valence-corrected chi connectivity index (χ0v) is 10.9. The Morgan fingerprint density at radius 1 is 1.39 bits per heavy atom. The van der Waals surface area contributed by atoms with Gasteiger partial charge in [0, 0.05) is 12.2 Å². The van der Waals surface area contributed by atoms with Crippen molar-refractivity contribution in [2.24, 2.45) is 11.7 Å². The summed E-state index contributed by atoms with van der Waals surface area (Å²) in [6.45, 7) is 1.89. The maximum absolute atomic E-state index is 12.3. The Balaban J connectivity index is 2.04. The van der Waals surface area contributed by atoms with Crippen molar-refractivity contribution in [3.8, 4) is 0 Å². The fraction of sp³-hybridized carbons (Fsp3) is 0.571. The number of aryl methyl sites for hydroxylation is 1. The second-order valence-electron chi connectivity index (χ2n) is 5.03. The molecule has 1 saturated carbocycles. The maximum atomic E-state index is 12.3. The van der Waals surface area contributed by atoms with E-state index in [1.54, 1.807) is 6.20 Å². The number of hydrogen-bond donors (Lipinski definition) is 2. The minimum Gasteiger partial charge on any atom is -0.327 e. The first-order chi connectivity index (χ1) is 8.68. The van der Waals surface area contributed by atoms with Gasteiger partial charge in [-0.15, -0.1) is 0 Å². The normalized spacial score (nSPS) is 24.3. The third-order valence-electron chi connectivity index (χ3n) is 3.67. The number of anilines is 1. The third kappa shape index (κ3) is 3.07. The Labute approximate surface area is 108 Å². The highest BCUT2D eigenvalue weighted by Gasteiger charge is 2.27. The van der Waals surface area contributed by atoms with Crippen LogP contribution in [0.4, 0.5) is 5.69 Å². The van der Waals surface area contributed by atoms with Gasteiger partial charge in [-0.25, -0.2) is 0 Å². The predicted octanol–water partition coefficient (Wildman–Crippen LogP) is 2.24. The molecule has 2 atom stereocenters. The van der Waals surface area contributed by atoms with Crippen LogP contribution in [0.3, 0.4) is 0 Å². The number of amides is 1. The Hall–Kier alpha value is -1.42. The van der Waals surface area contributed by atoms with Gasteiger partial charge in [0.25, 0.3) is 0 Å². The Morgan fingerprint density at radius 2 is 2.17 bits per heavy atom. The molecule has 1 aromatic rings. The largest absolute Gasteiger partial charge is 0.327 e. The molecule has 0 aromatic carbocycles. The van der Waals surface area contributed by atoms with Crippen molar-refractivity contribution in [1.29, 1.82) is 0 Å². The van der Waals surface area contributed by atoms with Gasteiger partial charge in [0.05, 0.1) is 17.3 Å². The minimum absolute atomic E-state index is 0.00974. The van der Waals surface area contributed by atoms with Gasteiger partial charge < -0.3 is 11.1 Å². The van der Waals surface area contributed by atoms with Gasteiger partial charge in [0.15, 0.2) is 0 Å². The van der Waals surface area contributed by atoms with E-state index >= 15 is 0 Å². The van der Waals surface area contributed by atoms with Crippen LogP contribution < -0.4 is 11.1 Å². The molecule has 1 aromatic heterocycles. The van der Waals surface area contributed by atoms with Crippen LogP contribution in [0.25, 0.3) is 0 Å². The van der Waals surface area contributed by atoms with Gasteiger partial charge >= 0.3 is 0 Å². The molecule has 2 rings (SSSR count). The van der Waals surface area contributed by atoms with Crippen LogP contribution in [-0.4, -0.2) is 16.9 Å². The van der Waals surface area contributed by atoms with Crippen LogP contribution in [0.1, 0.15) is 37.8 Å². The minimum atomic E-state index is -0.0629. The molecular formula is C14H21N3O. The molecule has 1 fully saturated rings. The van der Waals surface area contributed by atoms with Crippen molar-refractivity contribution in [3.63, 3.8) is 0 Å². The number of carbonyl (C=O) groups excluding carboxylic acids is 1. The highest BCUT2D eigenvalue weighted by molar-refractivity contribution is 5.93. The van der Waals surface area contributed by atoms with E-state index in [1.165, 1.54) is 6.42 Å². The highest BCUT2D eigenvalue weighted by atomic mass is 16.1. The molecule has 18 heavy (non-hydrogen) atoms. The second kappa shape index (κ2) is 5.96. The number of aromatic nitrogens is 1. The average Bonchev–Trinajstić information content (AvgIpc) is 2.57. The summed E-state index contributed by atoms with van der Waals surface area (Å²) in [4.78, 5) is 16.4. The van der Waals surface area contributed by atoms with E-state index in [9.17, 15) is 4.79 Å². The fourth-order valence-electron chi connectivity index (χ4n) is 2.50. The topological polar surface area (TPSA) is 68.0 Å². The van der Waals surface area contributed by atoms with Crippen LogP contribution >= 0.6 is 0 Å². The molecule has 2 unspecified atom stereocenters. The molecule has 0 saturated heterocycles. The predicted molar refractivity (Wildman–Crippen MR) is 72.2 cm³/mol. The number of pyridine rings is 1. The Bertz CT molecular complexity index is 419. The second-order valence-corrected chi connectivity index (χ2v) is 5.03. The van der Waals surface area contributed by atoms with Gasteiger partial charge in [0.2, 0.25) is 5.91 Å². The molecule has 1 amide bonds. The maximum Gasteiger partial charge on any atom is 0.229 e. The number of hydrogen-bond acceptors (Lipinski definition) is 3. The molecule has 0 radical (unpaired) electrons. The number of nitrogens with one attached hydrogen (secondary N) is 1. The first-order valence-corrected chi connectivity index (χ1v) is 6.66. The zero-order valence-electron chi connectivity index (χ0n) is 10.9. The molecular weight excluding hydrogens is 226 g/mol. The lowest BCUT2D eigenvalue weighted by Gasteiger charge is -2.20. The van der Waals surface area contributed by atoms with Gasteiger partial charge in [-0.2, -0.15) is 0 Å². The van der Waals surface area contributed by atoms with Gasteiger partial charge in [-0.1, -0.05) is 19.3 Å². The van der Waals surface area contributed by atoms with Crippen molar-refractivity contribution in [2.75, 3.05) is 5.32 Å². The summed E-state index contributed by atoms with van der Waals surface area (Å²) in [6.07, 6.45) is 6.98. The smallest absolute Gasteiger partial charge is 0.229 e. The van der Waals surface area contributed by atoms with Crippen LogP contribution in [0.15, 0.2) is 18.3 Å². The van der Waals surface area contributed by atoms with E-state index in [2.05, 4.69) is 10.3 Å². The summed E-state index contributed by atoms with van der Waals surface area (Å²) in [6, 6.07) is 3.70. The molecule has 3 N–H and O–H groups in total. The molecule has 0 bridgehead atoms. The molecule has 1 heterocycles. The standard InChI is InChI=1S/C14H21N3O/c1-10-13(8-5-9-16-10)17-14(18)11-6-3-2-4-7-12(11)15/h5,8-9,11-12H,2-4,6-7,15H2,1H3,(H,17,18). The quantitative estimate of drug-likeness (QED) is 0.787. The van der Waals surface area contributed by atoms with Crippen molar-refractivity contribution in [3.05, 3.63) is 24.0 Å².